The number of hydrogen-bond donors (Lipinski definition) is 1. The largest absolute Gasteiger partial charge is 0.442 e. The highest BCUT2D eigenvalue weighted by molar-refractivity contribution is 6.06. The lowest BCUT2D eigenvalue weighted by Crippen LogP contribution is -2.38. The second-order valence-corrected chi connectivity index (χ2v) is 9.67. The van der Waals surface area contributed by atoms with Gasteiger partial charge in [0.15, 0.2) is 0 Å². The topological polar surface area (TPSA) is 80.4 Å². The predicted octanol–water partition coefficient (Wildman–Crippen LogP) is 3.90. The zero-order valence-corrected chi connectivity index (χ0v) is 20.1. The van der Waals surface area contributed by atoms with Crippen molar-refractivity contribution in [1.82, 2.24) is 19.8 Å². The molecular formula is C26H34N4O3. The van der Waals surface area contributed by atoms with Gasteiger partial charge in [0.2, 0.25) is 5.71 Å². The monoisotopic (exact) mass is 450 g/mol. The number of nitrogens with zero attached hydrogens (tertiary/aromatic N) is 3. The zero-order chi connectivity index (χ0) is 23.5. The number of rotatable bonds is 7. The SMILES string of the molecule is Cc1ccccc1CN1CCC(CNC(=O)c2c(C)oc3ncn(CC(C)C)c(=O)c23)CC1. The molecule has 7 nitrogen and oxygen atoms in total. The van der Waals surface area contributed by atoms with Gasteiger partial charge in [0, 0.05) is 19.6 Å². The number of benzene rings is 1. The van der Waals surface area contributed by atoms with Gasteiger partial charge in [0.1, 0.15) is 17.5 Å². The molecule has 0 radical (unpaired) electrons. The molecule has 4 rings (SSSR count). The molecule has 0 aliphatic carbocycles. The lowest BCUT2D eigenvalue weighted by Gasteiger charge is -2.32. The molecule has 1 saturated heterocycles. The van der Waals surface area contributed by atoms with Gasteiger partial charge in [-0.3, -0.25) is 19.1 Å². The summed E-state index contributed by atoms with van der Waals surface area (Å²) in [5.74, 6) is 0.900. The van der Waals surface area contributed by atoms with Crippen LogP contribution in [0.3, 0.4) is 0 Å². The quantitative estimate of drug-likeness (QED) is 0.590. The molecule has 1 aliphatic heterocycles. The van der Waals surface area contributed by atoms with E-state index in [9.17, 15) is 9.59 Å². The lowest BCUT2D eigenvalue weighted by atomic mass is 9.96. The summed E-state index contributed by atoms with van der Waals surface area (Å²) in [6.45, 7) is 12.1. The van der Waals surface area contributed by atoms with Gasteiger partial charge in [-0.2, -0.15) is 0 Å². The Kier molecular flexibility index (Phi) is 6.98. The summed E-state index contributed by atoms with van der Waals surface area (Å²) in [6.07, 6.45) is 3.58. The van der Waals surface area contributed by atoms with E-state index in [1.54, 1.807) is 11.5 Å². The Morgan fingerprint density at radius 1 is 1.21 bits per heavy atom. The molecule has 3 aromatic rings. The van der Waals surface area contributed by atoms with Crippen LogP contribution in [0.15, 0.2) is 39.8 Å². The number of furan rings is 1. The summed E-state index contributed by atoms with van der Waals surface area (Å²) < 4.78 is 7.20. The van der Waals surface area contributed by atoms with Crippen LogP contribution in [0, 0.1) is 25.7 Å². The third-order valence-corrected chi connectivity index (χ3v) is 6.56. The number of likely N-dealkylation sites (tertiary alicyclic amines) is 1. The van der Waals surface area contributed by atoms with Gasteiger partial charge in [-0.25, -0.2) is 4.98 Å². The van der Waals surface area contributed by atoms with Crippen LogP contribution in [0.4, 0.5) is 0 Å². The highest BCUT2D eigenvalue weighted by atomic mass is 16.3. The van der Waals surface area contributed by atoms with Crippen molar-refractivity contribution in [2.45, 2.75) is 53.6 Å². The molecule has 1 N–H and O–H groups in total. The third kappa shape index (κ3) is 5.19. The molecule has 1 aromatic carbocycles. The van der Waals surface area contributed by atoms with Crippen LogP contribution in [0.25, 0.3) is 11.1 Å². The van der Waals surface area contributed by atoms with Crippen molar-refractivity contribution < 1.29 is 9.21 Å². The van der Waals surface area contributed by atoms with Gasteiger partial charge in [0.05, 0.1) is 5.56 Å². The molecule has 1 amide bonds. The summed E-state index contributed by atoms with van der Waals surface area (Å²) in [6, 6.07) is 8.53. The molecule has 0 unspecified atom stereocenters. The van der Waals surface area contributed by atoms with Gasteiger partial charge >= 0.3 is 0 Å². The average molecular weight is 451 g/mol. The van der Waals surface area contributed by atoms with Gasteiger partial charge in [-0.15, -0.1) is 0 Å². The van der Waals surface area contributed by atoms with Crippen molar-refractivity contribution in [3.8, 4) is 0 Å². The molecule has 0 spiro atoms. The Hall–Kier alpha value is -2.93. The summed E-state index contributed by atoms with van der Waals surface area (Å²) in [7, 11) is 0. The molecule has 1 aliphatic rings. The minimum Gasteiger partial charge on any atom is -0.442 e. The lowest BCUT2D eigenvalue weighted by molar-refractivity contribution is 0.0935. The number of hydrogen-bond acceptors (Lipinski definition) is 5. The molecule has 33 heavy (non-hydrogen) atoms. The van der Waals surface area contributed by atoms with Crippen LogP contribution < -0.4 is 10.9 Å². The fourth-order valence-corrected chi connectivity index (χ4v) is 4.64. The molecule has 3 heterocycles. The predicted molar refractivity (Wildman–Crippen MR) is 129 cm³/mol. The van der Waals surface area contributed by atoms with Crippen LogP contribution in [0.1, 0.15) is 53.9 Å². The van der Waals surface area contributed by atoms with Gasteiger partial charge in [-0.05, 0) is 62.7 Å². The molecular weight excluding hydrogens is 416 g/mol. The average Bonchev–Trinajstić information content (AvgIpc) is 3.13. The summed E-state index contributed by atoms with van der Waals surface area (Å²) >= 11 is 0. The number of fused-ring (bicyclic) bond motifs is 1. The van der Waals surface area contributed by atoms with E-state index in [4.69, 9.17) is 4.42 Å². The Labute approximate surface area is 194 Å². The van der Waals surface area contributed by atoms with Gasteiger partial charge in [0.25, 0.3) is 11.5 Å². The first kappa shape index (κ1) is 23.2. The number of piperidine rings is 1. The third-order valence-electron chi connectivity index (χ3n) is 6.56. The highest BCUT2D eigenvalue weighted by Gasteiger charge is 2.25. The number of nitrogens with one attached hydrogen (secondary N) is 1. The smallest absolute Gasteiger partial charge is 0.265 e. The van der Waals surface area contributed by atoms with Gasteiger partial charge < -0.3 is 9.73 Å². The normalized spacial score (nSPS) is 15.4. The van der Waals surface area contributed by atoms with Gasteiger partial charge in [-0.1, -0.05) is 38.1 Å². The fourth-order valence-electron chi connectivity index (χ4n) is 4.64. The maximum absolute atomic E-state index is 13.1. The Morgan fingerprint density at radius 2 is 1.94 bits per heavy atom. The van der Waals surface area contributed by atoms with Crippen LogP contribution >= 0.6 is 0 Å². The van der Waals surface area contributed by atoms with Crippen molar-refractivity contribution in [3.05, 3.63) is 63.4 Å². The van der Waals surface area contributed by atoms with E-state index >= 15 is 0 Å². The summed E-state index contributed by atoms with van der Waals surface area (Å²) in [4.78, 5) is 32.8. The van der Waals surface area contributed by atoms with E-state index in [-0.39, 0.29) is 22.6 Å². The second-order valence-electron chi connectivity index (χ2n) is 9.67. The van der Waals surface area contributed by atoms with Crippen molar-refractivity contribution >= 4 is 17.0 Å². The Balaban J connectivity index is 1.38. The van der Waals surface area contributed by atoms with E-state index in [0.29, 0.717) is 36.2 Å². The number of aromatic nitrogens is 2. The fraction of sp³-hybridized carbons (Fsp3) is 0.500. The highest BCUT2D eigenvalue weighted by Crippen LogP contribution is 2.23. The van der Waals surface area contributed by atoms with Crippen molar-refractivity contribution in [2.75, 3.05) is 19.6 Å². The Morgan fingerprint density at radius 3 is 2.64 bits per heavy atom. The van der Waals surface area contributed by atoms with E-state index < -0.39 is 0 Å². The van der Waals surface area contributed by atoms with E-state index in [2.05, 4.69) is 46.4 Å². The maximum Gasteiger partial charge on any atom is 0.265 e. The van der Waals surface area contributed by atoms with Crippen LogP contribution in [-0.2, 0) is 13.1 Å². The first-order valence-electron chi connectivity index (χ1n) is 11.9. The molecule has 0 atom stereocenters. The van der Waals surface area contributed by atoms with E-state index in [0.717, 1.165) is 32.5 Å². The van der Waals surface area contributed by atoms with Crippen molar-refractivity contribution in [3.63, 3.8) is 0 Å². The van der Waals surface area contributed by atoms with E-state index in [1.165, 1.54) is 17.5 Å². The number of aryl methyl sites for hydroxylation is 2. The zero-order valence-electron chi connectivity index (χ0n) is 20.1. The minimum absolute atomic E-state index is 0.222. The van der Waals surface area contributed by atoms with Crippen LogP contribution in [-0.4, -0.2) is 40.0 Å². The van der Waals surface area contributed by atoms with Crippen molar-refractivity contribution in [1.29, 1.82) is 0 Å². The number of amides is 1. The molecule has 0 bridgehead atoms. The summed E-state index contributed by atoms with van der Waals surface area (Å²) in [5.41, 5.74) is 3.03. The van der Waals surface area contributed by atoms with E-state index in [1.807, 2.05) is 13.8 Å². The molecule has 1 fully saturated rings. The number of carbonyl (C=O) groups excluding carboxylic acids is 1. The standard InChI is InChI=1S/C26H34N4O3/c1-17(2)14-30-16-28-25-23(26(30)32)22(19(4)33-25)24(31)27-13-20-9-11-29(12-10-20)15-21-8-6-5-7-18(21)3/h5-8,16-17,20H,9-15H2,1-4H3,(H,27,31). The molecule has 176 valence electrons. The number of carbonyl (C=O) groups is 1. The van der Waals surface area contributed by atoms with Crippen LogP contribution in [0.5, 0.6) is 0 Å². The molecule has 7 heteroatoms. The first-order valence-corrected chi connectivity index (χ1v) is 11.9. The first-order chi connectivity index (χ1) is 15.8. The molecule has 2 aromatic heterocycles. The second kappa shape index (κ2) is 9.91. The summed E-state index contributed by atoms with van der Waals surface area (Å²) in [5, 5.41) is 3.33. The Bertz CT molecular complexity index is 1190. The minimum atomic E-state index is -0.255. The van der Waals surface area contributed by atoms with Crippen molar-refractivity contribution in [2.24, 2.45) is 11.8 Å². The maximum atomic E-state index is 13.1. The molecule has 0 saturated carbocycles. The van der Waals surface area contributed by atoms with Crippen LogP contribution in [0.2, 0.25) is 0 Å².